The Morgan fingerprint density at radius 1 is 1.32 bits per heavy atom. The number of piperidine rings is 1. The smallest absolute Gasteiger partial charge is 0.230 e. The standard InChI is InChI=1S/C19H29N5O/c1-13-10-20-23(11-13)12-17-8-6-7-9-24(17)19(25)14(2)18-15(3)21-22(5)16(18)4/h10-11,14,17H,6-9,12H2,1-5H3/t14-,17+/m0/s1. The van der Waals surface area contributed by atoms with Crippen LogP contribution in [0.25, 0.3) is 0 Å². The summed E-state index contributed by atoms with van der Waals surface area (Å²) in [4.78, 5) is 15.4. The highest BCUT2D eigenvalue weighted by molar-refractivity contribution is 5.84. The van der Waals surface area contributed by atoms with E-state index in [9.17, 15) is 4.79 Å². The molecule has 0 unspecified atom stereocenters. The topological polar surface area (TPSA) is 56.0 Å². The summed E-state index contributed by atoms with van der Waals surface area (Å²) >= 11 is 0. The molecule has 0 bridgehead atoms. The second-order valence-electron chi connectivity index (χ2n) is 7.35. The van der Waals surface area contributed by atoms with E-state index < -0.39 is 0 Å². The molecule has 3 heterocycles. The first-order valence-electron chi connectivity index (χ1n) is 9.18. The van der Waals surface area contributed by atoms with E-state index in [0.29, 0.717) is 0 Å². The Kier molecular flexibility index (Phi) is 4.97. The Bertz CT molecular complexity index is 760. The van der Waals surface area contributed by atoms with Gasteiger partial charge in [0.25, 0.3) is 0 Å². The normalized spacial score (nSPS) is 19.2. The maximum absolute atomic E-state index is 13.3. The lowest BCUT2D eigenvalue weighted by Crippen LogP contribution is -2.47. The zero-order chi connectivity index (χ0) is 18.1. The zero-order valence-electron chi connectivity index (χ0n) is 16.0. The van der Waals surface area contributed by atoms with E-state index >= 15 is 0 Å². The predicted molar refractivity (Wildman–Crippen MR) is 97.4 cm³/mol. The first-order chi connectivity index (χ1) is 11.9. The summed E-state index contributed by atoms with van der Waals surface area (Å²) in [6, 6.07) is 0.222. The number of hydrogen-bond acceptors (Lipinski definition) is 3. The van der Waals surface area contributed by atoms with E-state index in [1.807, 2.05) is 50.3 Å². The van der Waals surface area contributed by atoms with E-state index in [1.54, 1.807) is 0 Å². The van der Waals surface area contributed by atoms with Crippen molar-refractivity contribution < 1.29 is 4.79 Å². The Morgan fingerprint density at radius 3 is 2.68 bits per heavy atom. The summed E-state index contributed by atoms with van der Waals surface area (Å²) in [5.74, 6) is 0.0569. The van der Waals surface area contributed by atoms with Crippen molar-refractivity contribution >= 4 is 5.91 Å². The minimum atomic E-state index is -0.159. The molecular weight excluding hydrogens is 314 g/mol. The minimum absolute atomic E-state index is 0.159. The predicted octanol–water partition coefficient (Wildman–Crippen LogP) is 2.73. The van der Waals surface area contributed by atoms with Crippen LogP contribution < -0.4 is 0 Å². The Balaban J connectivity index is 1.80. The molecule has 2 aromatic rings. The summed E-state index contributed by atoms with van der Waals surface area (Å²) < 4.78 is 3.84. The van der Waals surface area contributed by atoms with Crippen molar-refractivity contribution in [2.45, 2.75) is 65.5 Å². The van der Waals surface area contributed by atoms with Gasteiger partial charge in [0.2, 0.25) is 5.91 Å². The molecule has 0 saturated carbocycles. The van der Waals surface area contributed by atoms with Gasteiger partial charge in [0.1, 0.15) is 0 Å². The van der Waals surface area contributed by atoms with Gasteiger partial charge in [-0.1, -0.05) is 0 Å². The van der Waals surface area contributed by atoms with Crippen LogP contribution in [-0.2, 0) is 18.4 Å². The quantitative estimate of drug-likeness (QED) is 0.858. The highest BCUT2D eigenvalue weighted by atomic mass is 16.2. The van der Waals surface area contributed by atoms with Gasteiger partial charge < -0.3 is 4.90 Å². The van der Waals surface area contributed by atoms with E-state index in [4.69, 9.17) is 0 Å². The third kappa shape index (κ3) is 3.48. The molecule has 0 spiro atoms. The molecule has 1 aliphatic rings. The van der Waals surface area contributed by atoms with Gasteiger partial charge in [-0.15, -0.1) is 0 Å². The molecule has 6 heteroatoms. The van der Waals surface area contributed by atoms with Crippen LogP contribution in [-0.4, -0.2) is 43.0 Å². The average Bonchev–Trinajstić information content (AvgIpc) is 3.09. The summed E-state index contributed by atoms with van der Waals surface area (Å²) in [6.45, 7) is 9.71. The molecular formula is C19H29N5O. The van der Waals surface area contributed by atoms with Crippen molar-refractivity contribution in [3.05, 3.63) is 34.9 Å². The summed E-state index contributed by atoms with van der Waals surface area (Å²) in [5, 5.41) is 8.88. The maximum atomic E-state index is 13.3. The van der Waals surface area contributed by atoms with Crippen LogP contribution in [0, 0.1) is 20.8 Å². The first kappa shape index (κ1) is 17.7. The van der Waals surface area contributed by atoms with Gasteiger partial charge in [0.15, 0.2) is 0 Å². The van der Waals surface area contributed by atoms with Crippen LogP contribution in [0.3, 0.4) is 0 Å². The van der Waals surface area contributed by atoms with Gasteiger partial charge in [-0.3, -0.25) is 14.2 Å². The monoisotopic (exact) mass is 343 g/mol. The van der Waals surface area contributed by atoms with Crippen LogP contribution in [0.15, 0.2) is 12.4 Å². The Morgan fingerprint density at radius 2 is 2.08 bits per heavy atom. The molecule has 2 atom stereocenters. The number of nitrogens with zero attached hydrogens (tertiary/aromatic N) is 5. The lowest BCUT2D eigenvalue weighted by molar-refractivity contribution is -0.136. The lowest BCUT2D eigenvalue weighted by Gasteiger charge is -2.37. The molecule has 1 fully saturated rings. The molecule has 0 N–H and O–H groups in total. The van der Waals surface area contributed by atoms with Gasteiger partial charge in [0.05, 0.1) is 30.4 Å². The van der Waals surface area contributed by atoms with Crippen LogP contribution in [0.4, 0.5) is 0 Å². The highest BCUT2D eigenvalue weighted by Crippen LogP contribution is 2.28. The summed E-state index contributed by atoms with van der Waals surface area (Å²) in [7, 11) is 1.94. The van der Waals surface area contributed by atoms with Gasteiger partial charge >= 0.3 is 0 Å². The Labute approximate surface area is 149 Å². The number of likely N-dealkylation sites (tertiary alicyclic amines) is 1. The maximum Gasteiger partial charge on any atom is 0.230 e. The van der Waals surface area contributed by atoms with E-state index in [0.717, 1.165) is 48.4 Å². The molecule has 0 aromatic carbocycles. The molecule has 0 radical (unpaired) electrons. The van der Waals surface area contributed by atoms with Gasteiger partial charge in [-0.2, -0.15) is 10.2 Å². The van der Waals surface area contributed by atoms with Crippen LogP contribution in [0.2, 0.25) is 0 Å². The molecule has 1 aliphatic heterocycles. The number of amides is 1. The highest BCUT2D eigenvalue weighted by Gasteiger charge is 2.32. The molecule has 3 rings (SSSR count). The fourth-order valence-electron chi connectivity index (χ4n) is 4.05. The third-order valence-electron chi connectivity index (χ3n) is 5.44. The molecule has 6 nitrogen and oxygen atoms in total. The van der Waals surface area contributed by atoms with Gasteiger partial charge in [-0.05, 0) is 52.5 Å². The number of aryl methyl sites for hydroxylation is 3. The summed E-state index contributed by atoms with van der Waals surface area (Å²) in [6.07, 6.45) is 7.23. The molecule has 1 saturated heterocycles. The van der Waals surface area contributed by atoms with Crippen molar-refractivity contribution in [2.24, 2.45) is 7.05 Å². The lowest BCUT2D eigenvalue weighted by atomic mass is 9.94. The fraction of sp³-hybridized carbons (Fsp3) is 0.632. The number of rotatable bonds is 4. The van der Waals surface area contributed by atoms with Crippen molar-refractivity contribution in [3.63, 3.8) is 0 Å². The van der Waals surface area contributed by atoms with Crippen molar-refractivity contribution in [3.8, 4) is 0 Å². The number of carbonyl (C=O) groups is 1. The minimum Gasteiger partial charge on any atom is -0.337 e. The van der Waals surface area contributed by atoms with Crippen molar-refractivity contribution in [2.75, 3.05) is 6.54 Å². The number of aromatic nitrogens is 4. The van der Waals surface area contributed by atoms with Crippen molar-refractivity contribution in [1.82, 2.24) is 24.5 Å². The van der Waals surface area contributed by atoms with Crippen LogP contribution in [0.5, 0.6) is 0 Å². The molecule has 2 aromatic heterocycles. The first-order valence-corrected chi connectivity index (χ1v) is 9.18. The average molecular weight is 343 g/mol. The largest absolute Gasteiger partial charge is 0.337 e. The second kappa shape index (κ2) is 7.02. The molecule has 1 amide bonds. The molecule has 25 heavy (non-hydrogen) atoms. The van der Waals surface area contributed by atoms with Gasteiger partial charge in [0, 0.05) is 31.0 Å². The number of hydrogen-bond donors (Lipinski definition) is 0. The Hall–Kier alpha value is -2.11. The van der Waals surface area contributed by atoms with Crippen LogP contribution >= 0.6 is 0 Å². The molecule has 136 valence electrons. The molecule has 0 aliphatic carbocycles. The number of carbonyl (C=O) groups excluding carboxylic acids is 1. The fourth-order valence-corrected chi connectivity index (χ4v) is 4.05. The summed E-state index contributed by atoms with van der Waals surface area (Å²) in [5.41, 5.74) is 4.27. The van der Waals surface area contributed by atoms with Gasteiger partial charge in [-0.25, -0.2) is 0 Å². The zero-order valence-corrected chi connectivity index (χ0v) is 16.0. The third-order valence-corrected chi connectivity index (χ3v) is 5.44. The van der Waals surface area contributed by atoms with Crippen LogP contribution in [0.1, 0.15) is 54.6 Å². The van der Waals surface area contributed by atoms with E-state index in [2.05, 4.69) is 21.3 Å². The van der Waals surface area contributed by atoms with E-state index in [1.165, 1.54) is 6.42 Å². The second-order valence-corrected chi connectivity index (χ2v) is 7.35. The van der Waals surface area contributed by atoms with Crippen molar-refractivity contribution in [1.29, 1.82) is 0 Å². The SMILES string of the molecule is Cc1cnn(C[C@H]2CCCCN2C(=O)[C@@H](C)c2c(C)nn(C)c2C)c1. The van der Waals surface area contributed by atoms with E-state index in [-0.39, 0.29) is 17.9 Å².